The average Bonchev–Trinajstić information content (AvgIpc) is 3.55. The number of fused-ring (bicyclic) bond motifs is 11. The molecule has 0 aliphatic heterocycles. The summed E-state index contributed by atoms with van der Waals surface area (Å²) in [6, 6.07) is 50.7. The van der Waals surface area contributed by atoms with Gasteiger partial charge in [0, 0.05) is 10.8 Å². The lowest BCUT2D eigenvalue weighted by Gasteiger charge is -2.23. The second-order valence-corrected chi connectivity index (χ2v) is 15.8. The molecular weight excluding hydrogens is 625 g/mol. The van der Waals surface area contributed by atoms with Gasteiger partial charge in [-0.15, -0.1) is 0 Å². The Labute approximate surface area is 306 Å². The molecule has 0 fully saturated rings. The predicted octanol–water partition coefficient (Wildman–Crippen LogP) is 14.4. The highest BCUT2D eigenvalue weighted by Crippen LogP contribution is 2.52. The Morgan fingerprint density at radius 2 is 0.692 bits per heavy atom. The molecule has 0 saturated carbocycles. The Morgan fingerprint density at radius 1 is 0.346 bits per heavy atom. The molecule has 248 valence electrons. The van der Waals surface area contributed by atoms with Gasteiger partial charge >= 0.3 is 0 Å². The zero-order valence-electron chi connectivity index (χ0n) is 30.3. The zero-order valence-corrected chi connectivity index (χ0v) is 30.3. The molecule has 0 nitrogen and oxygen atoms in total. The van der Waals surface area contributed by atoms with Gasteiger partial charge in [-0.05, 0) is 134 Å². The first-order valence-electron chi connectivity index (χ1n) is 18.4. The second kappa shape index (κ2) is 10.8. The zero-order chi connectivity index (χ0) is 35.5. The van der Waals surface area contributed by atoms with Crippen molar-refractivity contribution in [2.45, 2.75) is 38.5 Å². The summed E-state index contributed by atoms with van der Waals surface area (Å²) < 4.78 is 0. The van der Waals surface area contributed by atoms with E-state index >= 15 is 0 Å². The van der Waals surface area contributed by atoms with Crippen LogP contribution in [0.25, 0.3) is 89.0 Å². The highest BCUT2D eigenvalue weighted by Gasteiger charge is 2.37. The molecule has 0 spiro atoms. The minimum Gasteiger partial charge on any atom is -0.0985 e. The van der Waals surface area contributed by atoms with Crippen molar-refractivity contribution in [1.82, 2.24) is 0 Å². The summed E-state index contributed by atoms with van der Waals surface area (Å²) in [7, 11) is 0. The second-order valence-electron chi connectivity index (χ2n) is 15.8. The first kappa shape index (κ1) is 30.8. The largest absolute Gasteiger partial charge is 0.0985 e. The van der Waals surface area contributed by atoms with Crippen LogP contribution in [0.15, 0.2) is 147 Å². The van der Waals surface area contributed by atoms with E-state index in [9.17, 15) is 0 Å². The van der Waals surface area contributed by atoms with Gasteiger partial charge in [-0.25, -0.2) is 0 Å². The van der Waals surface area contributed by atoms with E-state index in [0.717, 1.165) is 0 Å². The lowest BCUT2D eigenvalue weighted by molar-refractivity contribution is 0.660. The van der Waals surface area contributed by atoms with Crippen LogP contribution in [0.3, 0.4) is 0 Å². The maximum Gasteiger partial charge on any atom is 0.0159 e. The van der Waals surface area contributed by atoms with E-state index in [0.29, 0.717) is 0 Å². The summed E-state index contributed by atoms with van der Waals surface area (Å²) in [4.78, 5) is 0. The fourth-order valence-electron chi connectivity index (χ4n) is 9.53. The molecule has 8 aromatic carbocycles. The highest BCUT2D eigenvalue weighted by molar-refractivity contribution is 6.24. The molecule has 52 heavy (non-hydrogen) atoms. The summed E-state index contributed by atoms with van der Waals surface area (Å²) in [5.41, 5.74) is 18.0. The van der Waals surface area contributed by atoms with Gasteiger partial charge in [-0.3, -0.25) is 0 Å². The maximum absolute atomic E-state index is 4.03. The number of rotatable bonds is 4. The molecule has 10 rings (SSSR count). The van der Waals surface area contributed by atoms with Gasteiger partial charge in [0.1, 0.15) is 0 Å². The van der Waals surface area contributed by atoms with Gasteiger partial charge in [0.2, 0.25) is 0 Å². The van der Waals surface area contributed by atoms with E-state index in [4.69, 9.17) is 0 Å². The van der Waals surface area contributed by atoms with E-state index in [1.165, 1.54) is 110 Å². The molecule has 0 unspecified atom stereocenters. The van der Waals surface area contributed by atoms with E-state index in [1.54, 1.807) is 0 Å². The smallest absolute Gasteiger partial charge is 0.0159 e. The molecule has 0 atom stereocenters. The van der Waals surface area contributed by atoms with Crippen LogP contribution in [0.1, 0.15) is 61.1 Å². The summed E-state index contributed by atoms with van der Waals surface area (Å²) in [5, 5.41) is 7.71. The van der Waals surface area contributed by atoms with Crippen molar-refractivity contribution >= 4 is 44.5 Å². The van der Waals surface area contributed by atoms with Gasteiger partial charge in [0.25, 0.3) is 0 Å². The topological polar surface area (TPSA) is 0 Å². The Hall–Kier alpha value is -5.98. The summed E-state index contributed by atoms with van der Waals surface area (Å²) in [6.07, 6.45) is 3.90. The molecule has 2 aliphatic carbocycles. The number of benzene rings is 8. The molecule has 0 radical (unpaired) electrons. The van der Waals surface area contributed by atoms with Crippen molar-refractivity contribution in [2.24, 2.45) is 0 Å². The fourth-order valence-corrected chi connectivity index (χ4v) is 9.53. The molecule has 0 aromatic heterocycles. The average molecular weight is 665 g/mol. The van der Waals surface area contributed by atoms with Gasteiger partial charge in [-0.1, -0.05) is 162 Å². The van der Waals surface area contributed by atoms with E-state index < -0.39 is 0 Å². The fraction of sp³-hybridized carbons (Fsp3) is 0.115. The van der Waals surface area contributed by atoms with Crippen LogP contribution in [0.4, 0.5) is 0 Å². The van der Waals surface area contributed by atoms with Gasteiger partial charge in [0.15, 0.2) is 0 Å². The number of hydrogen-bond acceptors (Lipinski definition) is 0. The van der Waals surface area contributed by atoms with Crippen molar-refractivity contribution in [2.75, 3.05) is 0 Å². The minimum absolute atomic E-state index is 0.103. The first-order valence-corrected chi connectivity index (χ1v) is 18.4. The van der Waals surface area contributed by atoms with Crippen LogP contribution in [0, 0.1) is 0 Å². The third-order valence-electron chi connectivity index (χ3n) is 12.4. The normalized spacial score (nSPS) is 14.6. The maximum atomic E-state index is 4.03. The van der Waals surface area contributed by atoms with Crippen molar-refractivity contribution in [3.63, 3.8) is 0 Å². The van der Waals surface area contributed by atoms with Crippen LogP contribution in [-0.4, -0.2) is 0 Å². The molecule has 0 bridgehead atoms. The van der Waals surface area contributed by atoms with Crippen LogP contribution in [0.5, 0.6) is 0 Å². The van der Waals surface area contributed by atoms with Gasteiger partial charge in [-0.2, -0.15) is 0 Å². The third kappa shape index (κ3) is 4.16. The SMILES string of the molecule is C=Cc1ccc2c(c1)C(C)(C)c1cc(-c3cc4c5ccccc5c(-c5ccc6c(c5)C(C)(C)c5cc(C=C)ccc5-6)cc4c4ccccc34)ccc1-2. The lowest BCUT2D eigenvalue weighted by Crippen LogP contribution is -2.15. The van der Waals surface area contributed by atoms with Crippen LogP contribution in [-0.2, 0) is 10.8 Å². The van der Waals surface area contributed by atoms with E-state index in [2.05, 4.69) is 174 Å². The van der Waals surface area contributed by atoms with Crippen molar-refractivity contribution in [1.29, 1.82) is 0 Å². The minimum atomic E-state index is -0.103. The molecular formula is C52H40. The molecule has 0 heteroatoms. The van der Waals surface area contributed by atoms with Crippen molar-refractivity contribution < 1.29 is 0 Å². The Bertz CT molecular complexity index is 2680. The van der Waals surface area contributed by atoms with Gasteiger partial charge in [0.05, 0.1) is 0 Å². The molecule has 8 aromatic rings. The van der Waals surface area contributed by atoms with Crippen LogP contribution >= 0.6 is 0 Å². The van der Waals surface area contributed by atoms with Crippen molar-refractivity contribution in [3.05, 3.63) is 180 Å². The monoisotopic (exact) mass is 664 g/mol. The van der Waals surface area contributed by atoms with Crippen molar-refractivity contribution in [3.8, 4) is 44.5 Å². The number of hydrogen-bond donors (Lipinski definition) is 0. The summed E-state index contributed by atoms with van der Waals surface area (Å²) >= 11 is 0. The Balaban J connectivity index is 1.18. The lowest BCUT2D eigenvalue weighted by atomic mass is 9.80. The molecule has 0 heterocycles. The van der Waals surface area contributed by atoms with Crippen LogP contribution in [0.2, 0.25) is 0 Å². The van der Waals surface area contributed by atoms with E-state index in [-0.39, 0.29) is 10.8 Å². The standard InChI is InChI=1S/C52H40/c1-7-31-17-21-39-41-23-19-33(27-49(41)51(3,4)47(39)25-31)43-29-45-38-16-12-10-14-36(38)44(30-46(45)37-15-11-9-13-35(37)43)34-20-24-42-40-22-18-32(8-2)26-48(40)52(5,6)50(42)28-34/h7-30H,1-2H2,3-6H3. The van der Waals surface area contributed by atoms with Crippen LogP contribution < -0.4 is 0 Å². The first-order chi connectivity index (χ1) is 25.2. The molecule has 2 aliphatic rings. The summed E-state index contributed by atoms with van der Waals surface area (Å²) in [5.74, 6) is 0. The predicted molar refractivity (Wildman–Crippen MR) is 225 cm³/mol. The quantitative estimate of drug-likeness (QED) is 0.164. The Morgan fingerprint density at radius 3 is 1.08 bits per heavy atom. The molecule has 0 saturated heterocycles. The molecule has 0 N–H and O–H groups in total. The van der Waals surface area contributed by atoms with E-state index in [1.807, 2.05) is 12.2 Å². The molecule has 0 amide bonds. The van der Waals surface area contributed by atoms with Gasteiger partial charge < -0.3 is 0 Å². The Kier molecular flexibility index (Phi) is 6.38. The summed E-state index contributed by atoms with van der Waals surface area (Å²) in [6.45, 7) is 17.5. The highest BCUT2D eigenvalue weighted by atomic mass is 14.4. The third-order valence-corrected chi connectivity index (χ3v) is 12.4.